The summed E-state index contributed by atoms with van der Waals surface area (Å²) in [5, 5.41) is 14.4. The predicted molar refractivity (Wildman–Crippen MR) is 87.4 cm³/mol. The third-order valence-electron chi connectivity index (χ3n) is 4.71. The molecule has 120 valence electrons. The number of urea groups is 1. The molecule has 0 unspecified atom stereocenters. The summed E-state index contributed by atoms with van der Waals surface area (Å²) in [5.74, 6) is 0.585. The molecule has 3 rings (SSSR count). The van der Waals surface area contributed by atoms with E-state index in [9.17, 15) is 9.90 Å². The fourth-order valence-electron chi connectivity index (χ4n) is 3.23. The molecule has 0 radical (unpaired) electrons. The van der Waals surface area contributed by atoms with Crippen molar-refractivity contribution in [2.75, 3.05) is 7.05 Å². The first kappa shape index (κ1) is 15.9. The molecule has 0 spiro atoms. The van der Waals surface area contributed by atoms with E-state index in [-0.39, 0.29) is 12.1 Å². The van der Waals surface area contributed by atoms with Crippen molar-refractivity contribution in [1.82, 2.24) is 10.2 Å². The summed E-state index contributed by atoms with van der Waals surface area (Å²) in [6.07, 6.45) is 2.11. The Morgan fingerprint density at radius 3 is 2.73 bits per heavy atom. The number of aliphatic hydroxyl groups excluding tert-OH is 1. The van der Waals surface area contributed by atoms with Crippen LogP contribution < -0.4 is 5.32 Å². The van der Waals surface area contributed by atoms with Gasteiger partial charge in [-0.1, -0.05) is 23.2 Å². The van der Waals surface area contributed by atoms with Gasteiger partial charge in [-0.15, -0.1) is 0 Å². The van der Waals surface area contributed by atoms with E-state index in [0.29, 0.717) is 22.4 Å². The van der Waals surface area contributed by atoms with Gasteiger partial charge in [-0.2, -0.15) is 0 Å². The quantitative estimate of drug-likeness (QED) is 0.884. The summed E-state index contributed by atoms with van der Waals surface area (Å²) in [5.41, 5.74) is 1.71. The Morgan fingerprint density at radius 2 is 2.09 bits per heavy atom. The molecule has 0 aliphatic heterocycles. The second kappa shape index (κ2) is 5.91. The van der Waals surface area contributed by atoms with Crippen LogP contribution in [0.1, 0.15) is 36.9 Å². The molecule has 1 aromatic rings. The Bertz CT molecular complexity index is 604. The summed E-state index contributed by atoms with van der Waals surface area (Å²) < 4.78 is 0. The molecule has 1 aromatic carbocycles. The van der Waals surface area contributed by atoms with Crippen molar-refractivity contribution in [2.24, 2.45) is 5.92 Å². The molecule has 1 saturated carbocycles. The lowest BCUT2D eigenvalue weighted by Crippen LogP contribution is -2.46. The minimum Gasteiger partial charge on any atom is -0.390 e. The Kier molecular flexibility index (Phi) is 4.27. The maximum absolute atomic E-state index is 12.4. The molecule has 2 aliphatic carbocycles. The smallest absolute Gasteiger partial charge is 0.317 e. The molecule has 4 nitrogen and oxygen atoms in total. The summed E-state index contributed by atoms with van der Waals surface area (Å²) in [7, 11) is 1.70. The van der Waals surface area contributed by atoms with Crippen molar-refractivity contribution in [3.63, 3.8) is 0 Å². The highest BCUT2D eigenvalue weighted by atomic mass is 35.5. The Morgan fingerprint density at radius 1 is 1.41 bits per heavy atom. The molecule has 2 aliphatic rings. The first-order chi connectivity index (χ1) is 10.4. The number of halogens is 2. The van der Waals surface area contributed by atoms with Gasteiger partial charge in [-0.05, 0) is 48.9 Å². The van der Waals surface area contributed by atoms with E-state index < -0.39 is 12.1 Å². The van der Waals surface area contributed by atoms with Crippen LogP contribution in [0.5, 0.6) is 0 Å². The van der Waals surface area contributed by atoms with E-state index in [4.69, 9.17) is 23.2 Å². The molecular formula is C16H20Cl2N2O2. The lowest BCUT2D eigenvalue weighted by atomic mass is 10.1. The zero-order chi connectivity index (χ0) is 16.0. The molecule has 0 bridgehead atoms. The summed E-state index contributed by atoms with van der Waals surface area (Å²) >= 11 is 12.3. The third-order valence-corrected chi connectivity index (χ3v) is 5.26. The van der Waals surface area contributed by atoms with Crippen LogP contribution in [-0.4, -0.2) is 35.2 Å². The van der Waals surface area contributed by atoms with Crippen LogP contribution >= 0.6 is 23.2 Å². The zero-order valence-corrected chi connectivity index (χ0v) is 14.2. The summed E-state index contributed by atoms with van der Waals surface area (Å²) in [4.78, 5) is 14.0. The normalized spacial score (nSPS) is 24.8. The number of benzene rings is 1. The van der Waals surface area contributed by atoms with Crippen LogP contribution in [0.2, 0.25) is 10.0 Å². The largest absolute Gasteiger partial charge is 0.390 e. The van der Waals surface area contributed by atoms with Crippen molar-refractivity contribution in [3.05, 3.63) is 33.3 Å². The van der Waals surface area contributed by atoms with Gasteiger partial charge in [-0.3, -0.25) is 0 Å². The number of hydrogen-bond donors (Lipinski definition) is 2. The van der Waals surface area contributed by atoms with Gasteiger partial charge in [-0.25, -0.2) is 4.79 Å². The topological polar surface area (TPSA) is 52.6 Å². The number of carbonyl (C=O) groups is 1. The fourth-order valence-corrected chi connectivity index (χ4v) is 3.82. The summed E-state index contributed by atoms with van der Waals surface area (Å²) in [6, 6.07) is 3.03. The molecule has 1 fully saturated rings. The molecule has 2 amide bonds. The number of nitrogens with zero attached hydrogens (tertiary/aromatic N) is 1. The van der Waals surface area contributed by atoms with Crippen molar-refractivity contribution in [1.29, 1.82) is 0 Å². The van der Waals surface area contributed by atoms with Crippen LogP contribution in [-0.2, 0) is 6.42 Å². The number of hydrogen-bond acceptors (Lipinski definition) is 2. The van der Waals surface area contributed by atoms with Crippen LogP contribution in [0.4, 0.5) is 4.79 Å². The maximum Gasteiger partial charge on any atom is 0.317 e. The monoisotopic (exact) mass is 342 g/mol. The highest BCUT2D eigenvalue weighted by Gasteiger charge is 2.38. The second-order valence-corrected chi connectivity index (χ2v) is 7.20. The first-order valence-electron chi connectivity index (χ1n) is 7.57. The predicted octanol–water partition coefficient (Wildman–Crippen LogP) is 3.39. The zero-order valence-electron chi connectivity index (χ0n) is 12.6. The van der Waals surface area contributed by atoms with Crippen LogP contribution in [0.3, 0.4) is 0 Å². The molecule has 3 atom stereocenters. The van der Waals surface area contributed by atoms with Gasteiger partial charge in [0.15, 0.2) is 0 Å². The van der Waals surface area contributed by atoms with E-state index in [2.05, 4.69) is 5.32 Å². The fraction of sp³-hybridized carbons (Fsp3) is 0.562. The van der Waals surface area contributed by atoms with Crippen LogP contribution in [0, 0.1) is 5.92 Å². The molecule has 0 heterocycles. The van der Waals surface area contributed by atoms with Crippen molar-refractivity contribution in [2.45, 2.75) is 44.4 Å². The number of aliphatic hydroxyl groups is 1. The Balaban J connectivity index is 1.81. The second-order valence-electron chi connectivity index (χ2n) is 6.36. The van der Waals surface area contributed by atoms with Crippen molar-refractivity contribution >= 4 is 29.2 Å². The number of rotatable bonds is 3. The lowest BCUT2D eigenvalue weighted by molar-refractivity contribution is 0.0882. The number of nitrogens with one attached hydrogen (secondary N) is 1. The van der Waals surface area contributed by atoms with Crippen LogP contribution in [0.25, 0.3) is 0 Å². The Hall–Kier alpha value is -0.970. The minimum atomic E-state index is -0.669. The average molecular weight is 343 g/mol. The minimum absolute atomic E-state index is 0.163. The molecule has 22 heavy (non-hydrogen) atoms. The van der Waals surface area contributed by atoms with Gasteiger partial charge in [0, 0.05) is 29.6 Å². The van der Waals surface area contributed by atoms with Crippen LogP contribution in [0.15, 0.2) is 12.1 Å². The summed E-state index contributed by atoms with van der Waals surface area (Å²) in [6.45, 7) is 2.02. The standard InChI is InChI=1S/C16H20Cl2N2O2/c1-8(9-3-4-9)19-16(22)20(2)15-12-5-10(17)6-13(18)11(12)7-14(15)21/h5-6,8-9,14-15,21H,3-4,7H2,1-2H3,(H,19,22)/t8-,14-,15-/m0/s1. The van der Waals surface area contributed by atoms with Crippen molar-refractivity contribution in [3.8, 4) is 0 Å². The SMILES string of the molecule is C[C@H](NC(=O)N(C)[C@H]1c2cc(Cl)cc(Cl)c2C[C@@H]1O)C1CC1. The number of amides is 2. The highest BCUT2D eigenvalue weighted by molar-refractivity contribution is 6.35. The van der Waals surface area contributed by atoms with E-state index in [1.807, 2.05) is 6.92 Å². The highest BCUT2D eigenvalue weighted by Crippen LogP contribution is 2.41. The van der Waals surface area contributed by atoms with Gasteiger partial charge in [0.2, 0.25) is 0 Å². The lowest BCUT2D eigenvalue weighted by Gasteiger charge is -2.29. The molecule has 0 saturated heterocycles. The molecule has 2 N–H and O–H groups in total. The van der Waals surface area contributed by atoms with Gasteiger partial charge >= 0.3 is 6.03 Å². The van der Waals surface area contributed by atoms with E-state index in [0.717, 1.165) is 11.1 Å². The first-order valence-corrected chi connectivity index (χ1v) is 8.33. The van der Waals surface area contributed by atoms with Gasteiger partial charge in [0.1, 0.15) is 0 Å². The van der Waals surface area contributed by atoms with E-state index >= 15 is 0 Å². The van der Waals surface area contributed by atoms with Gasteiger partial charge in [0.25, 0.3) is 0 Å². The molecule has 0 aromatic heterocycles. The van der Waals surface area contributed by atoms with Gasteiger partial charge < -0.3 is 15.3 Å². The average Bonchev–Trinajstić information content (AvgIpc) is 3.22. The van der Waals surface area contributed by atoms with Crippen molar-refractivity contribution < 1.29 is 9.90 Å². The third kappa shape index (κ3) is 2.92. The number of likely N-dealkylation sites (N-methyl/N-ethyl adjacent to an activating group) is 1. The van der Waals surface area contributed by atoms with E-state index in [1.54, 1.807) is 24.1 Å². The number of fused-ring (bicyclic) bond motifs is 1. The van der Waals surface area contributed by atoms with E-state index in [1.165, 1.54) is 12.8 Å². The molecular weight excluding hydrogens is 323 g/mol. The van der Waals surface area contributed by atoms with Gasteiger partial charge in [0.05, 0.1) is 12.1 Å². The number of carbonyl (C=O) groups excluding carboxylic acids is 1. The molecule has 6 heteroatoms. The maximum atomic E-state index is 12.4. The Labute approximate surface area is 140 Å².